The van der Waals surface area contributed by atoms with E-state index in [1.165, 1.54) is 0 Å². The Morgan fingerprint density at radius 2 is 1.54 bits per heavy atom. The normalized spacial score (nSPS) is 12.0. The maximum absolute atomic E-state index is 13.6. The molecule has 184 valence electrons. The molecule has 0 saturated heterocycles. The van der Waals surface area contributed by atoms with E-state index in [0.29, 0.717) is 18.7 Å². The summed E-state index contributed by atoms with van der Waals surface area (Å²) < 4.78 is 6.90. The van der Waals surface area contributed by atoms with Crippen LogP contribution in [0.3, 0.4) is 0 Å². The van der Waals surface area contributed by atoms with Crippen molar-refractivity contribution in [1.82, 2.24) is 10.2 Å². The standard InChI is InChI=1S/C29H33IN2O3/c1-21-10-12-23(13-11-21)19-32(27(33)20-35-25-16-14-24(30)15-17-25)26(28(34)31-29(2,3)4)18-22-8-6-5-7-9-22/h5-17,26H,18-20H2,1-4H3,(H,31,34)/t26-/m1/s1. The Morgan fingerprint density at radius 3 is 2.14 bits per heavy atom. The summed E-state index contributed by atoms with van der Waals surface area (Å²) in [5.74, 6) is 0.193. The Morgan fingerprint density at radius 1 is 0.914 bits per heavy atom. The van der Waals surface area contributed by atoms with Crippen LogP contribution in [-0.2, 0) is 22.6 Å². The molecular formula is C29H33IN2O3. The third kappa shape index (κ3) is 8.69. The molecule has 35 heavy (non-hydrogen) atoms. The zero-order valence-electron chi connectivity index (χ0n) is 20.8. The SMILES string of the molecule is Cc1ccc(CN(C(=O)COc2ccc(I)cc2)[C@H](Cc2ccccc2)C(=O)NC(C)(C)C)cc1. The van der Waals surface area contributed by atoms with Gasteiger partial charge in [-0.25, -0.2) is 0 Å². The molecule has 0 radical (unpaired) electrons. The summed E-state index contributed by atoms with van der Waals surface area (Å²) in [6.07, 6.45) is 0.407. The van der Waals surface area contributed by atoms with Crippen molar-refractivity contribution < 1.29 is 14.3 Å². The Kier molecular flexibility index (Phi) is 9.32. The highest BCUT2D eigenvalue weighted by molar-refractivity contribution is 14.1. The highest BCUT2D eigenvalue weighted by Gasteiger charge is 2.32. The Labute approximate surface area is 222 Å². The van der Waals surface area contributed by atoms with Crippen LogP contribution in [-0.4, -0.2) is 34.9 Å². The van der Waals surface area contributed by atoms with E-state index in [2.05, 4.69) is 27.9 Å². The summed E-state index contributed by atoms with van der Waals surface area (Å²) in [6, 6.07) is 24.7. The lowest BCUT2D eigenvalue weighted by atomic mass is 10.0. The first-order valence-corrected chi connectivity index (χ1v) is 12.8. The summed E-state index contributed by atoms with van der Waals surface area (Å²) in [6.45, 7) is 8.00. The van der Waals surface area contributed by atoms with Crippen molar-refractivity contribution >= 4 is 34.4 Å². The van der Waals surface area contributed by atoms with Crippen LogP contribution < -0.4 is 10.1 Å². The molecule has 0 aliphatic heterocycles. The van der Waals surface area contributed by atoms with Crippen LogP contribution >= 0.6 is 22.6 Å². The molecule has 0 heterocycles. The van der Waals surface area contributed by atoms with Crippen molar-refractivity contribution in [3.05, 3.63) is 99.1 Å². The van der Waals surface area contributed by atoms with E-state index in [9.17, 15) is 9.59 Å². The van der Waals surface area contributed by atoms with E-state index in [4.69, 9.17) is 4.74 Å². The highest BCUT2D eigenvalue weighted by Crippen LogP contribution is 2.18. The van der Waals surface area contributed by atoms with Crippen LogP contribution in [0.15, 0.2) is 78.9 Å². The zero-order valence-corrected chi connectivity index (χ0v) is 22.9. The van der Waals surface area contributed by atoms with Crippen LogP contribution in [0.4, 0.5) is 0 Å². The second kappa shape index (κ2) is 12.2. The predicted molar refractivity (Wildman–Crippen MR) is 148 cm³/mol. The van der Waals surface area contributed by atoms with Crippen molar-refractivity contribution in [2.24, 2.45) is 0 Å². The van der Waals surface area contributed by atoms with Crippen LogP contribution in [0, 0.1) is 10.5 Å². The number of nitrogens with one attached hydrogen (secondary N) is 1. The predicted octanol–water partition coefficient (Wildman–Crippen LogP) is 5.53. The molecule has 3 rings (SSSR count). The van der Waals surface area contributed by atoms with Gasteiger partial charge in [0, 0.05) is 22.1 Å². The average molecular weight is 584 g/mol. The molecule has 0 unspecified atom stereocenters. The number of aryl methyl sites for hydroxylation is 1. The summed E-state index contributed by atoms with van der Waals surface area (Å²) in [4.78, 5) is 28.7. The van der Waals surface area contributed by atoms with Crippen LogP contribution in [0.25, 0.3) is 0 Å². The topological polar surface area (TPSA) is 58.6 Å². The molecule has 3 aromatic carbocycles. The third-order valence-electron chi connectivity index (χ3n) is 5.42. The number of ether oxygens (including phenoxy) is 1. The van der Waals surface area contributed by atoms with Gasteiger partial charge in [-0.05, 0) is 85.7 Å². The molecule has 0 aromatic heterocycles. The Balaban J connectivity index is 1.91. The lowest BCUT2D eigenvalue weighted by Crippen LogP contribution is -2.55. The number of benzene rings is 3. The van der Waals surface area contributed by atoms with E-state index in [-0.39, 0.29) is 18.4 Å². The quantitative estimate of drug-likeness (QED) is 0.337. The van der Waals surface area contributed by atoms with Gasteiger partial charge >= 0.3 is 0 Å². The minimum atomic E-state index is -0.689. The molecule has 6 heteroatoms. The van der Waals surface area contributed by atoms with Gasteiger partial charge in [-0.15, -0.1) is 0 Å². The second-order valence-corrected chi connectivity index (χ2v) is 10.9. The zero-order chi connectivity index (χ0) is 25.4. The number of carbonyl (C=O) groups is 2. The summed E-state index contributed by atoms with van der Waals surface area (Å²) in [5.41, 5.74) is 2.66. The fourth-order valence-electron chi connectivity index (χ4n) is 3.66. The molecule has 1 atom stereocenters. The highest BCUT2D eigenvalue weighted by atomic mass is 127. The molecule has 0 spiro atoms. The molecule has 0 aliphatic rings. The average Bonchev–Trinajstić information content (AvgIpc) is 2.81. The Hall–Kier alpha value is -2.87. The number of nitrogens with zero attached hydrogens (tertiary/aromatic N) is 1. The monoisotopic (exact) mass is 584 g/mol. The minimum Gasteiger partial charge on any atom is -0.484 e. The molecule has 0 aliphatic carbocycles. The van der Waals surface area contributed by atoms with Crippen LogP contribution in [0.5, 0.6) is 5.75 Å². The Bertz CT molecular complexity index is 1110. The summed E-state index contributed by atoms with van der Waals surface area (Å²) in [7, 11) is 0. The summed E-state index contributed by atoms with van der Waals surface area (Å²) >= 11 is 2.23. The van der Waals surface area contributed by atoms with Gasteiger partial charge in [-0.2, -0.15) is 0 Å². The maximum Gasteiger partial charge on any atom is 0.261 e. The first-order valence-electron chi connectivity index (χ1n) is 11.7. The lowest BCUT2D eigenvalue weighted by molar-refractivity contribution is -0.143. The van der Waals surface area contributed by atoms with Crippen molar-refractivity contribution in [3.8, 4) is 5.75 Å². The maximum atomic E-state index is 13.6. The number of rotatable bonds is 9. The number of halogens is 1. The number of amides is 2. The fourth-order valence-corrected chi connectivity index (χ4v) is 4.02. The molecule has 1 N–H and O–H groups in total. The van der Waals surface area contributed by atoms with Crippen molar-refractivity contribution in [2.45, 2.75) is 52.2 Å². The van der Waals surface area contributed by atoms with Crippen molar-refractivity contribution in [1.29, 1.82) is 0 Å². The van der Waals surface area contributed by atoms with Gasteiger partial charge in [-0.3, -0.25) is 9.59 Å². The lowest BCUT2D eigenvalue weighted by Gasteiger charge is -2.33. The van der Waals surface area contributed by atoms with Gasteiger partial charge in [0.1, 0.15) is 11.8 Å². The van der Waals surface area contributed by atoms with E-state index in [1.54, 1.807) is 4.90 Å². The molecule has 3 aromatic rings. The molecule has 0 fully saturated rings. The number of hydrogen-bond acceptors (Lipinski definition) is 3. The smallest absolute Gasteiger partial charge is 0.261 e. The first kappa shape index (κ1) is 26.7. The number of hydrogen-bond donors (Lipinski definition) is 1. The van der Waals surface area contributed by atoms with Gasteiger partial charge in [-0.1, -0.05) is 60.2 Å². The van der Waals surface area contributed by atoms with Gasteiger partial charge in [0.05, 0.1) is 0 Å². The van der Waals surface area contributed by atoms with Crippen molar-refractivity contribution in [3.63, 3.8) is 0 Å². The van der Waals surface area contributed by atoms with Crippen LogP contribution in [0.1, 0.15) is 37.5 Å². The minimum absolute atomic E-state index is 0.152. The van der Waals surface area contributed by atoms with E-state index < -0.39 is 11.6 Å². The van der Waals surface area contributed by atoms with E-state index in [0.717, 1.165) is 20.3 Å². The van der Waals surface area contributed by atoms with Gasteiger partial charge in [0.25, 0.3) is 5.91 Å². The first-order chi connectivity index (χ1) is 16.6. The third-order valence-corrected chi connectivity index (χ3v) is 6.14. The largest absolute Gasteiger partial charge is 0.484 e. The van der Waals surface area contributed by atoms with Crippen molar-refractivity contribution in [2.75, 3.05) is 6.61 Å². The van der Waals surface area contributed by atoms with Gasteiger partial charge in [0.15, 0.2) is 6.61 Å². The molecule has 5 nitrogen and oxygen atoms in total. The molecule has 0 saturated carbocycles. The second-order valence-electron chi connectivity index (χ2n) is 9.69. The fraction of sp³-hybridized carbons (Fsp3) is 0.310. The van der Waals surface area contributed by atoms with Gasteiger partial charge < -0.3 is 15.0 Å². The van der Waals surface area contributed by atoms with Crippen LogP contribution in [0.2, 0.25) is 0 Å². The molecular weight excluding hydrogens is 551 g/mol. The summed E-state index contributed by atoms with van der Waals surface area (Å²) in [5, 5.41) is 3.08. The molecule has 0 bridgehead atoms. The number of carbonyl (C=O) groups excluding carboxylic acids is 2. The molecule has 2 amide bonds. The van der Waals surface area contributed by atoms with E-state index >= 15 is 0 Å². The van der Waals surface area contributed by atoms with E-state index in [1.807, 2.05) is 107 Å². The van der Waals surface area contributed by atoms with Gasteiger partial charge in [0.2, 0.25) is 5.91 Å².